The van der Waals surface area contributed by atoms with Gasteiger partial charge in [-0.1, -0.05) is 12.1 Å². The molecule has 0 radical (unpaired) electrons. The van der Waals surface area contributed by atoms with E-state index in [9.17, 15) is 26.3 Å². The molecule has 0 amide bonds. The fourth-order valence-corrected chi connectivity index (χ4v) is 4.50. The van der Waals surface area contributed by atoms with Crippen LogP contribution in [0, 0.1) is 0 Å². The average Bonchev–Trinajstić information content (AvgIpc) is 3.84. The summed E-state index contributed by atoms with van der Waals surface area (Å²) in [5, 5.41) is 14.5. The highest BCUT2D eigenvalue weighted by molar-refractivity contribution is 5.47. The number of rotatable bonds is 13. The number of hydrogen-bond donors (Lipinski definition) is 4. The molecule has 0 saturated heterocycles. The first-order valence-corrected chi connectivity index (χ1v) is 15.7. The third kappa shape index (κ3) is 14.9. The third-order valence-electron chi connectivity index (χ3n) is 6.93. The summed E-state index contributed by atoms with van der Waals surface area (Å²) in [5.41, 5.74) is 2.76. The summed E-state index contributed by atoms with van der Waals surface area (Å²) in [6.07, 6.45) is 7.07. The van der Waals surface area contributed by atoms with Crippen LogP contribution in [0.15, 0.2) is 86.1 Å². The van der Waals surface area contributed by atoms with E-state index in [0.29, 0.717) is 24.5 Å². The monoisotopic (exact) mass is 692 g/mol. The van der Waals surface area contributed by atoms with E-state index in [1.54, 1.807) is 37.3 Å². The van der Waals surface area contributed by atoms with Crippen LogP contribution in [-0.2, 0) is 45.7 Å². The molecule has 266 valence electrons. The minimum Gasteiger partial charge on any atom is -0.396 e. The molecular formula is C34H42F6N8O. The molecule has 0 aliphatic carbocycles. The number of hydrogen-bond acceptors (Lipinski definition) is 6. The van der Waals surface area contributed by atoms with Crippen LogP contribution < -0.4 is 10.6 Å². The van der Waals surface area contributed by atoms with Gasteiger partial charge in [-0.15, -0.1) is 0 Å². The number of aryl methyl sites for hydroxylation is 5. The molecule has 9 nitrogen and oxygen atoms in total. The zero-order valence-corrected chi connectivity index (χ0v) is 27.4. The summed E-state index contributed by atoms with van der Waals surface area (Å²) in [6, 6.07) is 10.5. The molecular weight excluding hydrogens is 650 g/mol. The van der Waals surface area contributed by atoms with Crippen molar-refractivity contribution in [2.45, 2.75) is 50.9 Å². The number of aliphatic hydroxyl groups is 1. The van der Waals surface area contributed by atoms with E-state index in [1.807, 2.05) is 35.6 Å². The molecule has 3 heterocycles. The van der Waals surface area contributed by atoms with Crippen molar-refractivity contribution in [3.8, 4) is 0 Å². The Bertz CT molecular complexity index is 1630. The smallest absolute Gasteiger partial charge is 0.396 e. The normalized spacial score (nSPS) is 11.3. The number of alkyl halides is 6. The Morgan fingerprint density at radius 2 is 1.20 bits per heavy atom. The highest BCUT2D eigenvalue weighted by Crippen LogP contribution is 2.31. The van der Waals surface area contributed by atoms with Crippen molar-refractivity contribution < 1.29 is 31.4 Å². The van der Waals surface area contributed by atoms with Gasteiger partial charge in [0, 0.05) is 69.5 Å². The van der Waals surface area contributed by atoms with E-state index in [-0.39, 0.29) is 6.61 Å². The Hall–Kier alpha value is -4.79. The third-order valence-corrected chi connectivity index (χ3v) is 6.93. The van der Waals surface area contributed by atoms with Crippen LogP contribution in [0.2, 0.25) is 0 Å². The minimum atomic E-state index is -4.30. The quantitative estimate of drug-likeness (QED) is 0.0762. The summed E-state index contributed by atoms with van der Waals surface area (Å²) >= 11 is 0. The van der Waals surface area contributed by atoms with Crippen LogP contribution in [0.3, 0.4) is 0 Å². The van der Waals surface area contributed by atoms with Crippen LogP contribution in [-0.4, -0.2) is 53.9 Å². The summed E-state index contributed by atoms with van der Waals surface area (Å²) in [4.78, 5) is 15.2. The Morgan fingerprint density at radius 3 is 1.61 bits per heavy atom. The molecule has 3 aromatic heterocycles. The molecule has 5 rings (SSSR count). The number of aromatic nitrogens is 6. The first kappa shape index (κ1) is 38.7. The number of halogens is 6. The predicted octanol–water partition coefficient (Wildman–Crippen LogP) is 7.30. The highest BCUT2D eigenvalue weighted by atomic mass is 19.4. The molecule has 2 aromatic carbocycles. The van der Waals surface area contributed by atoms with Gasteiger partial charge in [0.2, 0.25) is 0 Å². The van der Waals surface area contributed by atoms with Crippen LogP contribution >= 0.6 is 0 Å². The maximum Gasteiger partial charge on any atom is 0.416 e. The number of aromatic amines is 1. The lowest BCUT2D eigenvalue weighted by Crippen LogP contribution is -2.07. The van der Waals surface area contributed by atoms with Gasteiger partial charge in [0.25, 0.3) is 0 Å². The van der Waals surface area contributed by atoms with E-state index in [2.05, 4.69) is 30.6 Å². The highest BCUT2D eigenvalue weighted by Gasteiger charge is 2.31. The van der Waals surface area contributed by atoms with Crippen LogP contribution in [0.4, 0.5) is 37.7 Å². The first-order valence-electron chi connectivity index (χ1n) is 15.7. The Kier molecular flexibility index (Phi) is 15.2. The van der Waals surface area contributed by atoms with Gasteiger partial charge in [-0.05, 0) is 74.9 Å². The van der Waals surface area contributed by atoms with Gasteiger partial charge in [-0.3, -0.25) is 0 Å². The first-order chi connectivity index (χ1) is 23.3. The van der Waals surface area contributed by atoms with E-state index in [1.165, 1.54) is 12.1 Å². The second-order valence-electron chi connectivity index (χ2n) is 11.2. The maximum absolute atomic E-state index is 12.5. The number of nitrogens with one attached hydrogen (secondary N) is 3. The van der Waals surface area contributed by atoms with Crippen molar-refractivity contribution >= 4 is 11.4 Å². The standard InChI is InChI=1S/C14H16F3N3.C13H14F3N3.C7H12N2O/c1-20-9-13(19-10-20)6-3-7-18-12-5-2-4-11(8-12)14(15,16)17;14-13(15,16)10-3-1-4-11(7-10)18-6-2-5-12-8-17-9-19-12;1-9-5-7(8-6-9)3-2-4-10/h2,4-5,8-10,18H,3,6-7H2,1H3;1,3-4,7-9,18H,2,5-6H2,(H,17,19);5-6,10H,2-4H2,1H3. The maximum atomic E-state index is 12.5. The Morgan fingerprint density at radius 1 is 0.714 bits per heavy atom. The van der Waals surface area contributed by atoms with Crippen molar-refractivity contribution in [1.82, 2.24) is 29.1 Å². The van der Waals surface area contributed by atoms with Gasteiger partial charge in [0.1, 0.15) is 0 Å². The average molecular weight is 693 g/mol. The summed E-state index contributed by atoms with van der Waals surface area (Å²) in [7, 11) is 3.84. The number of H-pyrrole nitrogens is 1. The van der Waals surface area contributed by atoms with Gasteiger partial charge >= 0.3 is 12.4 Å². The molecule has 49 heavy (non-hydrogen) atoms. The molecule has 0 aliphatic rings. The zero-order valence-electron chi connectivity index (χ0n) is 27.4. The van der Waals surface area contributed by atoms with Crippen molar-refractivity contribution in [1.29, 1.82) is 0 Å². The SMILES string of the molecule is Cn1cnc(CCCNc2cccc(C(F)(F)F)c2)c1.Cn1cnc(CCCO)c1.FC(F)(F)c1cccc(NCCCc2cnc[nH]2)c1. The van der Waals surface area contributed by atoms with Crippen LogP contribution in [0.25, 0.3) is 0 Å². The Labute approximate surface area is 281 Å². The van der Waals surface area contributed by atoms with Crippen LogP contribution in [0.1, 0.15) is 47.5 Å². The topological polar surface area (TPSA) is 109 Å². The lowest BCUT2D eigenvalue weighted by Gasteiger charge is -2.10. The van der Waals surface area contributed by atoms with Gasteiger partial charge in [-0.2, -0.15) is 26.3 Å². The van der Waals surface area contributed by atoms with Gasteiger partial charge < -0.3 is 29.9 Å². The second-order valence-corrected chi connectivity index (χ2v) is 11.2. The molecule has 4 N–H and O–H groups in total. The van der Waals surface area contributed by atoms with Crippen molar-refractivity contribution in [2.24, 2.45) is 14.1 Å². The molecule has 15 heteroatoms. The molecule has 5 aromatic rings. The summed E-state index contributed by atoms with van der Waals surface area (Å²) in [6.45, 7) is 1.47. The summed E-state index contributed by atoms with van der Waals surface area (Å²) in [5.74, 6) is 0. The molecule has 0 bridgehead atoms. The molecule has 0 aliphatic heterocycles. The number of nitrogens with zero attached hydrogens (tertiary/aromatic N) is 5. The lowest BCUT2D eigenvalue weighted by atomic mass is 10.2. The molecule has 0 spiro atoms. The van der Waals surface area contributed by atoms with Gasteiger partial charge in [0.15, 0.2) is 0 Å². The van der Waals surface area contributed by atoms with Crippen molar-refractivity contribution in [3.05, 3.63) is 114 Å². The van der Waals surface area contributed by atoms with E-state index < -0.39 is 23.5 Å². The molecule has 0 unspecified atom stereocenters. The largest absolute Gasteiger partial charge is 0.416 e. The fraction of sp³-hybridized carbons (Fsp3) is 0.382. The number of benzene rings is 2. The molecule has 0 fully saturated rings. The summed E-state index contributed by atoms with van der Waals surface area (Å²) < 4.78 is 78.9. The lowest BCUT2D eigenvalue weighted by molar-refractivity contribution is -0.138. The minimum absolute atomic E-state index is 0.247. The van der Waals surface area contributed by atoms with Crippen LogP contribution in [0.5, 0.6) is 0 Å². The fourth-order valence-electron chi connectivity index (χ4n) is 4.50. The zero-order chi connectivity index (χ0) is 35.7. The van der Waals surface area contributed by atoms with Crippen molar-refractivity contribution in [3.63, 3.8) is 0 Å². The van der Waals surface area contributed by atoms with Gasteiger partial charge in [0.05, 0.1) is 41.5 Å². The number of anilines is 2. The van der Waals surface area contributed by atoms with Gasteiger partial charge in [-0.25, -0.2) is 15.0 Å². The molecule has 0 saturated carbocycles. The second kappa shape index (κ2) is 19.3. The number of imidazole rings is 3. The van der Waals surface area contributed by atoms with Crippen molar-refractivity contribution in [2.75, 3.05) is 30.3 Å². The van der Waals surface area contributed by atoms with E-state index in [0.717, 1.165) is 79.9 Å². The predicted molar refractivity (Wildman–Crippen MR) is 177 cm³/mol. The molecule has 0 atom stereocenters. The Balaban J connectivity index is 0.000000210. The van der Waals surface area contributed by atoms with E-state index in [4.69, 9.17) is 5.11 Å². The van der Waals surface area contributed by atoms with E-state index >= 15 is 0 Å². The number of aliphatic hydroxyl groups excluding tert-OH is 1.